The fourth-order valence-electron chi connectivity index (χ4n) is 5.44. The smallest absolute Gasteiger partial charge is 0.147 e. The van der Waals surface area contributed by atoms with Crippen LogP contribution >= 0.6 is 0 Å². The van der Waals surface area contributed by atoms with E-state index >= 15 is 0 Å². The minimum Gasteiger partial charge on any atom is -0.456 e. The highest BCUT2D eigenvalue weighted by Gasteiger charge is 2.20. The SMILES string of the molecule is c1ccc2c(c1)oc1c2ccc2oc3cccc(-n4c5ccccc5c5ccccc54)c3c21. The summed E-state index contributed by atoms with van der Waals surface area (Å²) in [5, 5.41) is 6.81. The van der Waals surface area contributed by atoms with Crippen LogP contribution in [0.5, 0.6) is 0 Å². The number of para-hydroxylation sites is 3. The average molecular weight is 423 g/mol. The molecule has 8 aromatic rings. The summed E-state index contributed by atoms with van der Waals surface area (Å²) in [5.41, 5.74) is 6.91. The zero-order chi connectivity index (χ0) is 21.5. The highest BCUT2D eigenvalue weighted by Crippen LogP contribution is 2.42. The minimum atomic E-state index is 0.838. The Morgan fingerprint density at radius 2 is 1.06 bits per heavy atom. The van der Waals surface area contributed by atoms with Crippen LogP contribution in [0, 0.1) is 0 Å². The summed E-state index contributed by atoms with van der Waals surface area (Å²) in [6, 6.07) is 35.8. The average Bonchev–Trinajstić information content (AvgIpc) is 3.53. The Bertz CT molecular complexity index is 1980. The van der Waals surface area contributed by atoms with Crippen molar-refractivity contribution >= 4 is 65.7 Å². The normalized spacial score (nSPS) is 12.2. The molecule has 0 saturated heterocycles. The van der Waals surface area contributed by atoms with E-state index in [1.807, 2.05) is 18.2 Å². The number of rotatable bonds is 1. The molecule has 5 aromatic carbocycles. The Hall–Kier alpha value is -4.50. The molecule has 0 N–H and O–H groups in total. The molecular formula is C30H17NO2. The molecule has 0 aliphatic heterocycles. The van der Waals surface area contributed by atoms with Crippen molar-refractivity contribution in [1.29, 1.82) is 0 Å². The van der Waals surface area contributed by atoms with Crippen LogP contribution in [0.3, 0.4) is 0 Å². The maximum absolute atomic E-state index is 6.41. The van der Waals surface area contributed by atoms with Gasteiger partial charge in [-0.15, -0.1) is 0 Å². The highest BCUT2D eigenvalue weighted by molar-refractivity contribution is 6.24. The lowest BCUT2D eigenvalue weighted by atomic mass is 10.1. The van der Waals surface area contributed by atoms with Gasteiger partial charge >= 0.3 is 0 Å². The van der Waals surface area contributed by atoms with Gasteiger partial charge in [0.15, 0.2) is 0 Å². The van der Waals surface area contributed by atoms with E-state index < -0.39 is 0 Å². The number of aromatic nitrogens is 1. The van der Waals surface area contributed by atoms with Crippen molar-refractivity contribution < 1.29 is 8.83 Å². The molecule has 0 amide bonds. The molecule has 3 heteroatoms. The van der Waals surface area contributed by atoms with Crippen LogP contribution in [0.25, 0.3) is 71.4 Å². The first-order chi connectivity index (χ1) is 16.4. The predicted molar refractivity (Wildman–Crippen MR) is 135 cm³/mol. The van der Waals surface area contributed by atoms with Crippen molar-refractivity contribution in [2.45, 2.75) is 0 Å². The van der Waals surface area contributed by atoms with Crippen LogP contribution < -0.4 is 0 Å². The molecule has 0 unspecified atom stereocenters. The zero-order valence-corrected chi connectivity index (χ0v) is 17.6. The number of hydrogen-bond acceptors (Lipinski definition) is 2. The number of hydrogen-bond donors (Lipinski definition) is 0. The first kappa shape index (κ1) is 17.1. The second-order valence-corrected chi connectivity index (χ2v) is 8.54. The first-order valence-electron chi connectivity index (χ1n) is 11.1. The quantitative estimate of drug-likeness (QED) is 0.265. The van der Waals surface area contributed by atoms with Gasteiger partial charge in [-0.3, -0.25) is 0 Å². The van der Waals surface area contributed by atoms with E-state index in [0.717, 1.165) is 49.6 Å². The maximum atomic E-state index is 6.41. The van der Waals surface area contributed by atoms with Gasteiger partial charge in [0, 0.05) is 21.5 Å². The molecule has 0 radical (unpaired) electrons. The Morgan fingerprint density at radius 1 is 0.424 bits per heavy atom. The van der Waals surface area contributed by atoms with E-state index in [0.29, 0.717) is 0 Å². The third-order valence-electron chi connectivity index (χ3n) is 6.80. The van der Waals surface area contributed by atoms with Crippen LogP contribution in [0.15, 0.2) is 112 Å². The van der Waals surface area contributed by atoms with Crippen molar-refractivity contribution in [3.05, 3.63) is 103 Å². The van der Waals surface area contributed by atoms with Gasteiger partial charge in [0.25, 0.3) is 0 Å². The second kappa shape index (κ2) is 6.05. The fourth-order valence-corrected chi connectivity index (χ4v) is 5.44. The highest BCUT2D eigenvalue weighted by atomic mass is 16.3. The van der Waals surface area contributed by atoms with Crippen LogP contribution in [0.1, 0.15) is 0 Å². The monoisotopic (exact) mass is 423 g/mol. The standard InChI is InChI=1S/C30H17NO2/c1-4-11-22-18(8-1)19-9-2-5-12-23(19)31(22)24-13-7-15-26-28(24)29-27(32-26)17-16-21-20-10-3-6-14-25(20)33-30(21)29/h1-17H. The summed E-state index contributed by atoms with van der Waals surface area (Å²) >= 11 is 0. The van der Waals surface area contributed by atoms with Gasteiger partial charge in [-0.1, -0.05) is 60.7 Å². The maximum Gasteiger partial charge on any atom is 0.147 e. The molecule has 33 heavy (non-hydrogen) atoms. The van der Waals surface area contributed by atoms with Crippen molar-refractivity contribution in [2.75, 3.05) is 0 Å². The zero-order valence-electron chi connectivity index (χ0n) is 17.6. The summed E-state index contributed by atoms with van der Waals surface area (Å²) in [7, 11) is 0. The molecule has 8 rings (SSSR count). The molecule has 0 fully saturated rings. The molecule has 0 aliphatic rings. The topological polar surface area (TPSA) is 31.2 Å². The number of benzene rings is 5. The molecule has 0 spiro atoms. The van der Waals surface area contributed by atoms with E-state index in [1.165, 1.54) is 21.8 Å². The summed E-state index contributed by atoms with van der Waals surface area (Å²) in [6.45, 7) is 0. The molecule has 0 atom stereocenters. The van der Waals surface area contributed by atoms with E-state index in [4.69, 9.17) is 8.83 Å². The molecule has 0 bridgehead atoms. The van der Waals surface area contributed by atoms with Crippen LogP contribution in [0.2, 0.25) is 0 Å². The van der Waals surface area contributed by atoms with Gasteiger partial charge in [-0.2, -0.15) is 0 Å². The predicted octanol–water partition coefficient (Wildman–Crippen LogP) is 8.58. The Kier molecular flexibility index (Phi) is 3.14. The van der Waals surface area contributed by atoms with Gasteiger partial charge in [0.05, 0.1) is 27.5 Å². The Balaban J connectivity index is 1.62. The van der Waals surface area contributed by atoms with E-state index in [1.54, 1.807) is 0 Å². The number of furan rings is 2. The molecule has 3 heterocycles. The third kappa shape index (κ3) is 2.14. The van der Waals surface area contributed by atoms with Crippen LogP contribution in [-0.4, -0.2) is 4.57 Å². The number of nitrogens with zero attached hydrogens (tertiary/aromatic N) is 1. The summed E-state index contributed by atoms with van der Waals surface area (Å²) in [6.07, 6.45) is 0. The summed E-state index contributed by atoms with van der Waals surface area (Å²) in [5.74, 6) is 0. The van der Waals surface area contributed by atoms with Crippen LogP contribution in [0.4, 0.5) is 0 Å². The first-order valence-corrected chi connectivity index (χ1v) is 11.1. The summed E-state index contributed by atoms with van der Waals surface area (Å²) in [4.78, 5) is 0. The molecule has 3 aromatic heterocycles. The summed E-state index contributed by atoms with van der Waals surface area (Å²) < 4.78 is 15.1. The molecular weight excluding hydrogens is 406 g/mol. The molecule has 154 valence electrons. The van der Waals surface area contributed by atoms with Crippen LogP contribution in [-0.2, 0) is 0 Å². The molecule has 0 saturated carbocycles. The van der Waals surface area contributed by atoms with Crippen molar-refractivity contribution in [2.24, 2.45) is 0 Å². The van der Waals surface area contributed by atoms with E-state index in [-0.39, 0.29) is 0 Å². The third-order valence-corrected chi connectivity index (χ3v) is 6.80. The molecule has 0 aliphatic carbocycles. The lowest BCUT2D eigenvalue weighted by molar-refractivity contribution is 0.663. The van der Waals surface area contributed by atoms with Gasteiger partial charge < -0.3 is 13.4 Å². The molecule has 3 nitrogen and oxygen atoms in total. The Labute approximate surface area is 188 Å². The Morgan fingerprint density at radius 3 is 1.85 bits per heavy atom. The van der Waals surface area contributed by atoms with Gasteiger partial charge in [-0.25, -0.2) is 0 Å². The van der Waals surface area contributed by atoms with E-state index in [9.17, 15) is 0 Å². The van der Waals surface area contributed by atoms with Crippen molar-refractivity contribution in [1.82, 2.24) is 4.57 Å². The lowest BCUT2D eigenvalue weighted by Crippen LogP contribution is -1.94. The lowest BCUT2D eigenvalue weighted by Gasteiger charge is -2.09. The van der Waals surface area contributed by atoms with E-state index in [2.05, 4.69) is 89.5 Å². The van der Waals surface area contributed by atoms with Gasteiger partial charge in [0.1, 0.15) is 22.3 Å². The number of fused-ring (bicyclic) bond motifs is 10. The van der Waals surface area contributed by atoms with Crippen molar-refractivity contribution in [3.63, 3.8) is 0 Å². The van der Waals surface area contributed by atoms with Gasteiger partial charge in [0.2, 0.25) is 0 Å². The fraction of sp³-hybridized carbons (Fsp3) is 0. The second-order valence-electron chi connectivity index (χ2n) is 8.54. The van der Waals surface area contributed by atoms with Crippen molar-refractivity contribution in [3.8, 4) is 5.69 Å². The largest absolute Gasteiger partial charge is 0.456 e. The minimum absolute atomic E-state index is 0.838. The van der Waals surface area contributed by atoms with Gasteiger partial charge in [-0.05, 0) is 42.5 Å².